The van der Waals surface area contributed by atoms with E-state index in [1.807, 2.05) is 19.2 Å². The lowest BCUT2D eigenvalue weighted by molar-refractivity contribution is 0.627. The first-order valence-corrected chi connectivity index (χ1v) is 6.44. The van der Waals surface area contributed by atoms with Crippen molar-refractivity contribution >= 4 is 5.69 Å². The fraction of sp³-hybridized carbons (Fsp3) is 0.250. The van der Waals surface area contributed by atoms with Crippen molar-refractivity contribution in [3.8, 4) is 0 Å². The Hall–Kier alpha value is -1.87. The fourth-order valence-corrected chi connectivity index (χ4v) is 2.15. The molecule has 0 atom stereocenters. The predicted octanol–water partition coefficient (Wildman–Crippen LogP) is 2.96. The van der Waals surface area contributed by atoms with Gasteiger partial charge < -0.3 is 10.6 Å². The Bertz CT molecular complexity index is 523. The first-order chi connectivity index (χ1) is 9.20. The molecule has 2 nitrogen and oxygen atoms in total. The Balaban J connectivity index is 2.14. The minimum absolute atomic E-state index is 0.208. The smallest absolute Gasteiger partial charge is 0.123 e. The molecule has 0 heterocycles. The molecule has 0 aliphatic rings. The third-order valence-electron chi connectivity index (χ3n) is 3.21. The zero-order valence-electron chi connectivity index (χ0n) is 11.1. The van der Waals surface area contributed by atoms with Crippen molar-refractivity contribution in [2.75, 3.05) is 18.5 Å². The van der Waals surface area contributed by atoms with Gasteiger partial charge in [-0.2, -0.15) is 0 Å². The number of nitrogens with zero attached hydrogens (tertiary/aromatic N) is 1. The molecule has 0 bridgehead atoms. The zero-order chi connectivity index (χ0) is 13.7. The summed E-state index contributed by atoms with van der Waals surface area (Å²) in [6, 6.07) is 14.9. The first kappa shape index (κ1) is 13.6. The van der Waals surface area contributed by atoms with Gasteiger partial charge in [-0.3, -0.25) is 0 Å². The second-order valence-corrected chi connectivity index (χ2v) is 4.64. The topological polar surface area (TPSA) is 29.3 Å². The van der Waals surface area contributed by atoms with Gasteiger partial charge in [0.05, 0.1) is 0 Å². The first-order valence-electron chi connectivity index (χ1n) is 6.44. The van der Waals surface area contributed by atoms with E-state index in [-0.39, 0.29) is 5.82 Å². The number of hydrogen-bond donors (Lipinski definition) is 1. The highest BCUT2D eigenvalue weighted by molar-refractivity contribution is 5.46. The van der Waals surface area contributed by atoms with E-state index in [1.165, 1.54) is 23.3 Å². The quantitative estimate of drug-likeness (QED) is 0.893. The van der Waals surface area contributed by atoms with Gasteiger partial charge in [0.25, 0.3) is 0 Å². The van der Waals surface area contributed by atoms with Gasteiger partial charge in [0, 0.05) is 19.3 Å². The van der Waals surface area contributed by atoms with Crippen molar-refractivity contribution in [1.82, 2.24) is 0 Å². The van der Waals surface area contributed by atoms with Crippen LogP contribution in [0, 0.1) is 5.82 Å². The zero-order valence-corrected chi connectivity index (χ0v) is 11.1. The van der Waals surface area contributed by atoms with Gasteiger partial charge in [0.2, 0.25) is 0 Å². The third kappa shape index (κ3) is 3.55. The number of nitrogens with two attached hydrogens (primary N) is 1. The monoisotopic (exact) mass is 258 g/mol. The highest BCUT2D eigenvalue weighted by Gasteiger charge is 2.06. The van der Waals surface area contributed by atoms with Crippen molar-refractivity contribution in [3.63, 3.8) is 0 Å². The van der Waals surface area contributed by atoms with Crippen LogP contribution >= 0.6 is 0 Å². The van der Waals surface area contributed by atoms with Crippen LogP contribution < -0.4 is 10.6 Å². The highest BCUT2D eigenvalue weighted by atomic mass is 19.1. The fourth-order valence-electron chi connectivity index (χ4n) is 2.15. The van der Waals surface area contributed by atoms with Crippen LogP contribution in [0.4, 0.5) is 10.1 Å². The molecule has 0 unspecified atom stereocenters. The summed E-state index contributed by atoms with van der Waals surface area (Å²) in [4.78, 5) is 2.11. The summed E-state index contributed by atoms with van der Waals surface area (Å²) >= 11 is 0. The standard InChI is InChI=1S/C16H19FN2/c1-19(16-8-6-15(17)7-9-16)12-14-5-3-2-4-13(14)10-11-18/h2-9H,10-12,18H2,1H3. The molecular formula is C16H19FN2. The SMILES string of the molecule is CN(Cc1ccccc1CCN)c1ccc(F)cc1. The molecule has 0 amide bonds. The van der Waals surface area contributed by atoms with Gasteiger partial charge in [0.1, 0.15) is 5.82 Å². The Morgan fingerprint density at radius 1 is 1.00 bits per heavy atom. The van der Waals surface area contributed by atoms with E-state index in [0.29, 0.717) is 6.54 Å². The summed E-state index contributed by atoms with van der Waals surface area (Å²) in [7, 11) is 2.01. The molecule has 0 aliphatic heterocycles. The molecule has 2 aromatic rings. The largest absolute Gasteiger partial charge is 0.370 e. The summed E-state index contributed by atoms with van der Waals surface area (Å²) in [5, 5.41) is 0. The van der Waals surface area contributed by atoms with E-state index in [1.54, 1.807) is 12.1 Å². The number of rotatable bonds is 5. The maximum Gasteiger partial charge on any atom is 0.123 e. The molecule has 0 fully saturated rings. The van der Waals surface area contributed by atoms with Crippen molar-refractivity contribution < 1.29 is 4.39 Å². The minimum Gasteiger partial charge on any atom is -0.370 e. The minimum atomic E-state index is -0.208. The molecule has 3 heteroatoms. The molecule has 2 N–H and O–H groups in total. The summed E-state index contributed by atoms with van der Waals surface area (Å²) < 4.78 is 12.9. The maximum atomic E-state index is 12.9. The lowest BCUT2D eigenvalue weighted by Crippen LogP contribution is -2.18. The molecule has 2 rings (SSSR count). The molecule has 100 valence electrons. The lowest BCUT2D eigenvalue weighted by Gasteiger charge is -2.21. The van der Waals surface area contributed by atoms with Gasteiger partial charge in [-0.1, -0.05) is 24.3 Å². The summed E-state index contributed by atoms with van der Waals surface area (Å²) in [6.07, 6.45) is 0.882. The van der Waals surface area contributed by atoms with Crippen molar-refractivity contribution in [2.45, 2.75) is 13.0 Å². The van der Waals surface area contributed by atoms with Crippen LogP contribution in [-0.2, 0) is 13.0 Å². The summed E-state index contributed by atoms with van der Waals surface area (Å²) in [5.41, 5.74) is 9.18. The van der Waals surface area contributed by atoms with Crippen LogP contribution in [0.2, 0.25) is 0 Å². The molecule has 0 aromatic heterocycles. The average Bonchev–Trinajstić information content (AvgIpc) is 2.42. The normalized spacial score (nSPS) is 10.5. The van der Waals surface area contributed by atoms with Gasteiger partial charge in [-0.25, -0.2) is 4.39 Å². The van der Waals surface area contributed by atoms with Crippen LogP contribution in [0.3, 0.4) is 0 Å². The second-order valence-electron chi connectivity index (χ2n) is 4.64. The molecule has 0 radical (unpaired) electrons. The molecule has 0 saturated carbocycles. The van der Waals surface area contributed by atoms with E-state index in [0.717, 1.165) is 18.7 Å². The number of halogens is 1. The molecule has 19 heavy (non-hydrogen) atoms. The van der Waals surface area contributed by atoms with Crippen LogP contribution in [0.15, 0.2) is 48.5 Å². The predicted molar refractivity (Wildman–Crippen MR) is 77.7 cm³/mol. The molecule has 0 saturated heterocycles. The van der Waals surface area contributed by atoms with Gasteiger partial charge in [0.15, 0.2) is 0 Å². The molecular weight excluding hydrogens is 239 g/mol. The van der Waals surface area contributed by atoms with E-state index >= 15 is 0 Å². The number of anilines is 1. The average molecular weight is 258 g/mol. The Morgan fingerprint density at radius 3 is 2.26 bits per heavy atom. The van der Waals surface area contributed by atoms with E-state index in [9.17, 15) is 4.39 Å². The Morgan fingerprint density at radius 2 is 1.63 bits per heavy atom. The summed E-state index contributed by atoms with van der Waals surface area (Å²) in [6.45, 7) is 1.44. The lowest BCUT2D eigenvalue weighted by atomic mass is 10.0. The van der Waals surface area contributed by atoms with E-state index < -0.39 is 0 Å². The number of hydrogen-bond acceptors (Lipinski definition) is 2. The van der Waals surface area contributed by atoms with Crippen LogP contribution in [0.5, 0.6) is 0 Å². The third-order valence-corrected chi connectivity index (χ3v) is 3.21. The highest BCUT2D eigenvalue weighted by Crippen LogP contribution is 2.18. The van der Waals surface area contributed by atoms with E-state index in [2.05, 4.69) is 17.0 Å². The van der Waals surface area contributed by atoms with Crippen LogP contribution in [0.1, 0.15) is 11.1 Å². The van der Waals surface area contributed by atoms with Crippen molar-refractivity contribution in [2.24, 2.45) is 5.73 Å². The Kier molecular flexibility index (Phi) is 4.53. The molecule has 0 aliphatic carbocycles. The van der Waals surface area contributed by atoms with E-state index in [4.69, 9.17) is 5.73 Å². The van der Waals surface area contributed by atoms with Gasteiger partial charge >= 0.3 is 0 Å². The molecule has 2 aromatic carbocycles. The maximum absolute atomic E-state index is 12.9. The second kappa shape index (κ2) is 6.34. The van der Waals surface area contributed by atoms with Gasteiger partial charge in [-0.15, -0.1) is 0 Å². The van der Waals surface area contributed by atoms with Crippen LogP contribution in [0.25, 0.3) is 0 Å². The molecule has 0 spiro atoms. The van der Waals surface area contributed by atoms with Crippen molar-refractivity contribution in [3.05, 3.63) is 65.5 Å². The van der Waals surface area contributed by atoms with Crippen molar-refractivity contribution in [1.29, 1.82) is 0 Å². The number of benzene rings is 2. The van der Waals surface area contributed by atoms with Gasteiger partial charge in [-0.05, 0) is 48.4 Å². The van der Waals surface area contributed by atoms with Crippen LogP contribution in [-0.4, -0.2) is 13.6 Å². The Labute approximate surface area is 113 Å². The summed E-state index contributed by atoms with van der Waals surface area (Å²) in [5.74, 6) is -0.208.